The zero-order valence-corrected chi connectivity index (χ0v) is 12.5. The van der Waals surface area contributed by atoms with Crippen molar-refractivity contribution in [2.75, 3.05) is 13.1 Å². The van der Waals surface area contributed by atoms with Gasteiger partial charge in [-0.1, -0.05) is 18.6 Å². The largest absolute Gasteiger partial charge is 0.334 e. The highest BCUT2D eigenvalue weighted by Crippen LogP contribution is 2.30. The molecule has 1 unspecified atom stereocenters. The molecule has 0 spiro atoms. The predicted molar refractivity (Wildman–Crippen MR) is 81.5 cm³/mol. The number of aromatic nitrogens is 2. The number of aryl methyl sites for hydroxylation is 1. The van der Waals surface area contributed by atoms with Crippen LogP contribution in [0.25, 0.3) is 0 Å². The fraction of sp³-hybridized carbons (Fsp3) is 0.471. The van der Waals surface area contributed by atoms with Gasteiger partial charge >= 0.3 is 0 Å². The van der Waals surface area contributed by atoms with Crippen LogP contribution in [0.3, 0.4) is 0 Å². The lowest BCUT2D eigenvalue weighted by Crippen LogP contribution is -2.35. The van der Waals surface area contributed by atoms with Crippen LogP contribution in [-0.2, 0) is 6.54 Å². The summed E-state index contributed by atoms with van der Waals surface area (Å²) in [7, 11) is 0. The monoisotopic (exact) mass is 287 g/mol. The number of hydrogen-bond acceptors (Lipinski definition) is 2. The molecule has 3 nitrogen and oxygen atoms in total. The van der Waals surface area contributed by atoms with Gasteiger partial charge in [0, 0.05) is 31.5 Å². The molecular formula is C17H22FN3. The van der Waals surface area contributed by atoms with Gasteiger partial charge in [0.2, 0.25) is 0 Å². The SMILES string of the molecule is Cc1nccn1CCN1CCCCC1c1ccc(F)cc1. The number of nitrogens with zero attached hydrogens (tertiary/aromatic N) is 3. The summed E-state index contributed by atoms with van der Waals surface area (Å²) >= 11 is 0. The van der Waals surface area contributed by atoms with E-state index in [0.29, 0.717) is 6.04 Å². The van der Waals surface area contributed by atoms with Crippen molar-refractivity contribution in [3.8, 4) is 0 Å². The molecule has 3 rings (SSSR count). The molecule has 112 valence electrons. The van der Waals surface area contributed by atoms with Crippen LogP contribution in [0.4, 0.5) is 4.39 Å². The maximum absolute atomic E-state index is 13.1. The Bertz CT molecular complexity index is 576. The van der Waals surface area contributed by atoms with E-state index in [9.17, 15) is 4.39 Å². The Morgan fingerprint density at radius 2 is 2.00 bits per heavy atom. The second-order valence-corrected chi connectivity index (χ2v) is 5.77. The molecule has 1 atom stereocenters. The van der Waals surface area contributed by atoms with E-state index >= 15 is 0 Å². The molecule has 1 aromatic carbocycles. The molecule has 2 heterocycles. The van der Waals surface area contributed by atoms with Crippen LogP contribution < -0.4 is 0 Å². The summed E-state index contributed by atoms with van der Waals surface area (Å²) in [6.45, 7) is 5.13. The van der Waals surface area contributed by atoms with E-state index in [4.69, 9.17) is 0 Å². The third-order valence-electron chi connectivity index (χ3n) is 4.42. The van der Waals surface area contributed by atoms with E-state index in [-0.39, 0.29) is 5.82 Å². The third kappa shape index (κ3) is 3.32. The zero-order valence-electron chi connectivity index (χ0n) is 12.5. The molecule has 1 fully saturated rings. The standard InChI is InChI=1S/C17H22FN3/c1-14-19-9-11-20(14)12-13-21-10-3-2-4-17(21)15-5-7-16(18)8-6-15/h5-9,11,17H,2-4,10,12-13H2,1H3. The summed E-state index contributed by atoms with van der Waals surface area (Å²) in [4.78, 5) is 6.79. The molecule has 21 heavy (non-hydrogen) atoms. The van der Waals surface area contributed by atoms with Crippen molar-refractivity contribution in [1.29, 1.82) is 0 Å². The Morgan fingerprint density at radius 3 is 2.71 bits per heavy atom. The lowest BCUT2D eigenvalue weighted by atomic mass is 9.95. The molecule has 2 aromatic rings. The predicted octanol–water partition coefficient (Wildman–Crippen LogP) is 3.56. The number of imidazole rings is 1. The maximum atomic E-state index is 13.1. The van der Waals surface area contributed by atoms with Crippen LogP contribution in [0.1, 0.15) is 36.7 Å². The van der Waals surface area contributed by atoms with E-state index in [2.05, 4.69) is 14.5 Å². The molecule has 0 bridgehead atoms. The van der Waals surface area contributed by atoms with E-state index in [1.165, 1.54) is 18.4 Å². The molecule has 1 saturated heterocycles. The number of benzene rings is 1. The van der Waals surface area contributed by atoms with E-state index in [1.54, 1.807) is 12.1 Å². The van der Waals surface area contributed by atoms with Crippen molar-refractivity contribution in [3.05, 3.63) is 53.9 Å². The lowest BCUT2D eigenvalue weighted by molar-refractivity contribution is 0.143. The van der Waals surface area contributed by atoms with Crippen LogP contribution in [0, 0.1) is 12.7 Å². The van der Waals surface area contributed by atoms with E-state index in [0.717, 1.165) is 31.9 Å². The quantitative estimate of drug-likeness (QED) is 0.857. The topological polar surface area (TPSA) is 21.1 Å². The van der Waals surface area contributed by atoms with Crippen molar-refractivity contribution in [2.45, 2.75) is 38.8 Å². The smallest absolute Gasteiger partial charge is 0.123 e. The Kier molecular flexibility index (Phi) is 4.34. The van der Waals surface area contributed by atoms with Gasteiger partial charge in [0.25, 0.3) is 0 Å². The highest BCUT2D eigenvalue weighted by atomic mass is 19.1. The molecule has 4 heteroatoms. The van der Waals surface area contributed by atoms with Gasteiger partial charge in [0.05, 0.1) is 0 Å². The first-order valence-electron chi connectivity index (χ1n) is 7.71. The molecule has 0 N–H and O–H groups in total. The van der Waals surface area contributed by atoms with Gasteiger partial charge in [-0.25, -0.2) is 9.37 Å². The second kappa shape index (κ2) is 6.39. The van der Waals surface area contributed by atoms with Gasteiger partial charge in [0.15, 0.2) is 0 Å². The van der Waals surface area contributed by atoms with Crippen LogP contribution >= 0.6 is 0 Å². The minimum Gasteiger partial charge on any atom is -0.334 e. The van der Waals surface area contributed by atoms with E-state index in [1.807, 2.05) is 31.5 Å². The highest BCUT2D eigenvalue weighted by molar-refractivity contribution is 5.20. The normalized spacial score (nSPS) is 19.8. The third-order valence-corrected chi connectivity index (χ3v) is 4.42. The second-order valence-electron chi connectivity index (χ2n) is 5.77. The summed E-state index contributed by atoms with van der Waals surface area (Å²) < 4.78 is 15.3. The Morgan fingerprint density at radius 1 is 1.19 bits per heavy atom. The average molecular weight is 287 g/mol. The first kappa shape index (κ1) is 14.3. The molecule has 0 radical (unpaired) electrons. The molecular weight excluding hydrogens is 265 g/mol. The number of rotatable bonds is 4. The first-order chi connectivity index (χ1) is 10.2. The van der Waals surface area contributed by atoms with Crippen LogP contribution in [0.2, 0.25) is 0 Å². The van der Waals surface area contributed by atoms with Crippen LogP contribution in [0.15, 0.2) is 36.7 Å². The fourth-order valence-electron chi connectivity index (χ4n) is 3.20. The number of piperidine rings is 1. The Hall–Kier alpha value is -1.68. The summed E-state index contributed by atoms with van der Waals surface area (Å²) in [5.41, 5.74) is 1.23. The van der Waals surface area contributed by atoms with Gasteiger partial charge < -0.3 is 4.57 Å². The summed E-state index contributed by atoms with van der Waals surface area (Å²) in [6.07, 6.45) is 7.55. The Balaban J connectivity index is 1.69. The number of hydrogen-bond donors (Lipinski definition) is 0. The van der Waals surface area contributed by atoms with Crippen molar-refractivity contribution in [1.82, 2.24) is 14.5 Å². The van der Waals surface area contributed by atoms with Crippen molar-refractivity contribution < 1.29 is 4.39 Å². The van der Waals surface area contributed by atoms with Crippen molar-refractivity contribution in [3.63, 3.8) is 0 Å². The summed E-state index contributed by atoms with van der Waals surface area (Å²) in [5.74, 6) is 0.903. The zero-order chi connectivity index (χ0) is 14.7. The van der Waals surface area contributed by atoms with Gasteiger partial charge in [-0.3, -0.25) is 4.90 Å². The fourth-order valence-corrected chi connectivity index (χ4v) is 3.20. The molecule has 1 aliphatic rings. The molecule has 0 saturated carbocycles. The Labute approximate surface area is 125 Å². The molecule has 0 amide bonds. The first-order valence-corrected chi connectivity index (χ1v) is 7.71. The van der Waals surface area contributed by atoms with Crippen molar-refractivity contribution >= 4 is 0 Å². The number of likely N-dealkylation sites (tertiary alicyclic amines) is 1. The minimum atomic E-state index is -0.157. The van der Waals surface area contributed by atoms with Crippen molar-refractivity contribution in [2.24, 2.45) is 0 Å². The molecule has 1 aliphatic heterocycles. The lowest BCUT2D eigenvalue weighted by Gasteiger charge is -2.36. The van der Waals surface area contributed by atoms with Gasteiger partial charge in [-0.05, 0) is 44.0 Å². The summed E-state index contributed by atoms with van der Waals surface area (Å²) in [6, 6.07) is 7.43. The van der Waals surface area contributed by atoms with Gasteiger partial charge in [-0.2, -0.15) is 0 Å². The average Bonchev–Trinajstić information content (AvgIpc) is 2.92. The van der Waals surface area contributed by atoms with E-state index < -0.39 is 0 Å². The molecule has 1 aromatic heterocycles. The van der Waals surface area contributed by atoms with Crippen LogP contribution in [-0.4, -0.2) is 27.5 Å². The maximum Gasteiger partial charge on any atom is 0.123 e. The molecule has 0 aliphatic carbocycles. The summed E-state index contributed by atoms with van der Waals surface area (Å²) in [5, 5.41) is 0. The minimum absolute atomic E-state index is 0.157. The van der Waals surface area contributed by atoms with Gasteiger partial charge in [0.1, 0.15) is 11.6 Å². The highest BCUT2D eigenvalue weighted by Gasteiger charge is 2.23. The number of halogens is 1. The van der Waals surface area contributed by atoms with Gasteiger partial charge in [-0.15, -0.1) is 0 Å². The van der Waals surface area contributed by atoms with Crippen LogP contribution in [0.5, 0.6) is 0 Å².